The molecule has 128 valence electrons. The van der Waals surface area contributed by atoms with Crippen LogP contribution in [0.2, 0.25) is 0 Å². The number of aromatic nitrogens is 4. The fourth-order valence-corrected chi connectivity index (χ4v) is 1.90. The molecule has 0 bridgehead atoms. The third kappa shape index (κ3) is 3.14. The molecule has 0 atom stereocenters. The first kappa shape index (κ1) is 17.2. The Bertz CT molecular complexity index is 822. The number of amides is 1. The van der Waals surface area contributed by atoms with Gasteiger partial charge in [-0.3, -0.25) is 19.6 Å². The minimum absolute atomic E-state index is 0.158. The average molecular weight is 337 g/mol. The van der Waals surface area contributed by atoms with Crippen molar-refractivity contribution in [2.24, 2.45) is 12.1 Å². The molecule has 0 aliphatic carbocycles. The second-order valence-electron chi connectivity index (χ2n) is 5.57. The highest BCUT2D eigenvalue weighted by atomic mass is 19.1. The van der Waals surface area contributed by atoms with Crippen molar-refractivity contribution in [3.63, 3.8) is 0 Å². The lowest BCUT2D eigenvalue weighted by Crippen LogP contribution is -2.42. The van der Waals surface area contributed by atoms with E-state index in [1.807, 2.05) is 0 Å². The minimum Gasteiger partial charge on any atom is -0.270 e. The van der Waals surface area contributed by atoms with Gasteiger partial charge in [0.1, 0.15) is 17.9 Å². The van der Waals surface area contributed by atoms with Gasteiger partial charge in [-0.25, -0.2) is 10.1 Å². The van der Waals surface area contributed by atoms with Crippen molar-refractivity contribution in [3.8, 4) is 0 Å². The van der Waals surface area contributed by atoms with Crippen LogP contribution in [0.25, 0.3) is 0 Å². The summed E-state index contributed by atoms with van der Waals surface area (Å²) in [6.45, 7) is 4.65. The molecule has 11 heteroatoms. The summed E-state index contributed by atoms with van der Waals surface area (Å²) in [4.78, 5) is 22.3. The standard InChI is InChI=1S/C13H16FN7O3/c1-8-10(11(14)19(4)18-8)6-15-17-12(22)13(2,3)20-7-9(5-16-20)21(23)24/h5-7H,1-4H3,(H,17,22)/b15-6-. The van der Waals surface area contributed by atoms with E-state index < -0.39 is 22.3 Å². The Morgan fingerprint density at radius 1 is 1.54 bits per heavy atom. The van der Waals surface area contributed by atoms with Gasteiger partial charge in [-0.2, -0.15) is 19.7 Å². The first-order valence-corrected chi connectivity index (χ1v) is 6.86. The second-order valence-corrected chi connectivity index (χ2v) is 5.57. The Kier molecular flexibility index (Phi) is 4.44. The van der Waals surface area contributed by atoms with Crippen LogP contribution in [0.3, 0.4) is 0 Å². The van der Waals surface area contributed by atoms with Crippen LogP contribution in [0.15, 0.2) is 17.5 Å². The molecule has 0 saturated carbocycles. The minimum atomic E-state index is -1.23. The lowest BCUT2D eigenvalue weighted by atomic mass is 10.1. The summed E-state index contributed by atoms with van der Waals surface area (Å²) in [7, 11) is 1.45. The van der Waals surface area contributed by atoms with Gasteiger partial charge in [0, 0.05) is 7.05 Å². The molecule has 2 aromatic heterocycles. The molecule has 0 unspecified atom stereocenters. The Morgan fingerprint density at radius 3 is 2.71 bits per heavy atom. The average Bonchev–Trinajstić information content (AvgIpc) is 3.08. The van der Waals surface area contributed by atoms with E-state index in [2.05, 4.69) is 20.7 Å². The third-order valence-electron chi connectivity index (χ3n) is 3.46. The van der Waals surface area contributed by atoms with Crippen LogP contribution in [0.5, 0.6) is 0 Å². The van der Waals surface area contributed by atoms with E-state index >= 15 is 0 Å². The molecule has 0 radical (unpaired) electrons. The van der Waals surface area contributed by atoms with Gasteiger partial charge >= 0.3 is 5.69 Å². The Balaban J connectivity index is 2.12. The molecule has 24 heavy (non-hydrogen) atoms. The molecule has 2 aromatic rings. The van der Waals surface area contributed by atoms with Crippen molar-refractivity contribution < 1.29 is 14.1 Å². The zero-order chi connectivity index (χ0) is 18.1. The Hall–Kier alpha value is -3.11. The molecular weight excluding hydrogens is 321 g/mol. The van der Waals surface area contributed by atoms with Gasteiger partial charge in [-0.15, -0.1) is 0 Å². The van der Waals surface area contributed by atoms with E-state index in [0.29, 0.717) is 5.69 Å². The van der Waals surface area contributed by atoms with E-state index in [9.17, 15) is 19.3 Å². The topological polar surface area (TPSA) is 120 Å². The monoisotopic (exact) mass is 337 g/mol. The van der Waals surface area contributed by atoms with E-state index in [1.54, 1.807) is 6.92 Å². The number of nitrogens with one attached hydrogen (secondary N) is 1. The normalized spacial score (nSPS) is 11.9. The largest absolute Gasteiger partial charge is 0.307 e. The number of carbonyl (C=O) groups excluding carboxylic acids is 1. The van der Waals surface area contributed by atoms with Crippen LogP contribution in [0, 0.1) is 23.0 Å². The lowest BCUT2D eigenvalue weighted by molar-refractivity contribution is -0.385. The van der Waals surface area contributed by atoms with Crippen molar-refractivity contribution in [3.05, 3.63) is 39.7 Å². The van der Waals surface area contributed by atoms with E-state index in [1.165, 1.54) is 20.9 Å². The molecule has 1 N–H and O–H groups in total. The maximum Gasteiger partial charge on any atom is 0.307 e. The zero-order valence-corrected chi connectivity index (χ0v) is 13.5. The van der Waals surface area contributed by atoms with Crippen LogP contribution >= 0.6 is 0 Å². The van der Waals surface area contributed by atoms with Gasteiger partial charge in [0.15, 0.2) is 0 Å². The molecule has 0 fully saturated rings. The van der Waals surface area contributed by atoms with E-state index in [-0.39, 0.29) is 11.3 Å². The number of rotatable bonds is 5. The number of hydrogen-bond acceptors (Lipinski definition) is 6. The predicted octanol–water partition coefficient (Wildman–Crippen LogP) is 0.858. The first-order chi connectivity index (χ1) is 11.1. The van der Waals surface area contributed by atoms with Gasteiger partial charge in [-0.1, -0.05) is 0 Å². The number of nitrogens with zero attached hydrogens (tertiary/aromatic N) is 6. The number of aryl methyl sites for hydroxylation is 2. The highest BCUT2D eigenvalue weighted by Gasteiger charge is 2.32. The molecule has 0 saturated heterocycles. The van der Waals surface area contributed by atoms with Crippen LogP contribution in [0.1, 0.15) is 25.1 Å². The summed E-state index contributed by atoms with van der Waals surface area (Å²) >= 11 is 0. The molecular formula is C13H16FN7O3. The van der Waals surface area contributed by atoms with Crippen molar-refractivity contribution in [1.29, 1.82) is 0 Å². The summed E-state index contributed by atoms with van der Waals surface area (Å²) < 4.78 is 16.0. The number of nitro groups is 1. The highest BCUT2D eigenvalue weighted by Crippen LogP contribution is 2.18. The predicted molar refractivity (Wildman–Crippen MR) is 81.8 cm³/mol. The van der Waals surface area contributed by atoms with Crippen molar-refractivity contribution >= 4 is 17.8 Å². The van der Waals surface area contributed by atoms with Crippen LogP contribution in [-0.2, 0) is 17.4 Å². The fraction of sp³-hybridized carbons (Fsp3) is 0.385. The van der Waals surface area contributed by atoms with Crippen LogP contribution in [0.4, 0.5) is 10.1 Å². The van der Waals surface area contributed by atoms with Gasteiger partial charge < -0.3 is 0 Å². The van der Waals surface area contributed by atoms with Crippen molar-refractivity contribution in [2.75, 3.05) is 0 Å². The third-order valence-corrected chi connectivity index (χ3v) is 3.46. The Morgan fingerprint density at radius 2 is 2.21 bits per heavy atom. The van der Waals surface area contributed by atoms with Crippen molar-refractivity contribution in [2.45, 2.75) is 26.3 Å². The van der Waals surface area contributed by atoms with Gasteiger partial charge in [0.2, 0.25) is 5.95 Å². The maximum absolute atomic E-state index is 13.7. The van der Waals surface area contributed by atoms with E-state index in [0.717, 1.165) is 28.0 Å². The summed E-state index contributed by atoms with van der Waals surface area (Å²) in [6.07, 6.45) is 3.35. The second kappa shape index (κ2) is 6.18. The number of hydrogen-bond donors (Lipinski definition) is 1. The van der Waals surface area contributed by atoms with Gasteiger partial charge in [0.25, 0.3) is 5.91 Å². The number of halogens is 1. The summed E-state index contributed by atoms with van der Waals surface area (Å²) in [5.41, 5.74) is 1.39. The summed E-state index contributed by atoms with van der Waals surface area (Å²) in [6, 6.07) is 0. The molecule has 10 nitrogen and oxygen atoms in total. The molecule has 2 heterocycles. The number of carbonyl (C=O) groups is 1. The molecule has 1 amide bonds. The summed E-state index contributed by atoms with van der Waals surface area (Å²) in [5.74, 6) is -1.15. The highest BCUT2D eigenvalue weighted by molar-refractivity contribution is 5.86. The Labute approximate surface area is 136 Å². The van der Waals surface area contributed by atoms with Crippen molar-refractivity contribution in [1.82, 2.24) is 25.0 Å². The lowest BCUT2D eigenvalue weighted by Gasteiger charge is -2.22. The SMILES string of the molecule is Cc1nn(C)c(F)c1/C=N\NC(=O)C(C)(C)n1cc([N+](=O)[O-])cn1. The molecule has 0 aliphatic rings. The van der Waals surface area contributed by atoms with Gasteiger partial charge in [-0.05, 0) is 20.8 Å². The quantitative estimate of drug-likeness (QED) is 0.493. The zero-order valence-electron chi connectivity index (χ0n) is 13.5. The first-order valence-electron chi connectivity index (χ1n) is 6.86. The molecule has 0 aromatic carbocycles. The fourth-order valence-electron chi connectivity index (χ4n) is 1.90. The maximum atomic E-state index is 13.7. The molecule has 0 aliphatic heterocycles. The number of hydrazone groups is 1. The van der Waals surface area contributed by atoms with Gasteiger partial charge in [0.05, 0.1) is 22.4 Å². The van der Waals surface area contributed by atoms with Crippen LogP contribution in [-0.4, -0.2) is 36.6 Å². The van der Waals surface area contributed by atoms with E-state index in [4.69, 9.17) is 0 Å². The molecule has 0 spiro atoms. The smallest absolute Gasteiger partial charge is 0.270 e. The van der Waals surface area contributed by atoms with Crippen LogP contribution < -0.4 is 5.43 Å². The summed E-state index contributed by atoms with van der Waals surface area (Å²) in [5, 5.41) is 22.1. The molecule has 2 rings (SSSR count).